The number of rotatable bonds is 2. The molecule has 0 spiro atoms. The molecule has 0 bridgehead atoms. The van der Waals surface area contributed by atoms with E-state index in [4.69, 9.17) is 0 Å². The van der Waals surface area contributed by atoms with Crippen LogP contribution in [0.5, 0.6) is 0 Å². The molecule has 1 aromatic carbocycles. The van der Waals surface area contributed by atoms with Gasteiger partial charge in [0.05, 0.1) is 11.4 Å². The summed E-state index contributed by atoms with van der Waals surface area (Å²) in [5, 5.41) is 9.57. The number of fused-ring (bicyclic) bond motifs is 1. The van der Waals surface area contributed by atoms with Gasteiger partial charge in [0.2, 0.25) is 5.91 Å². The van der Waals surface area contributed by atoms with Crippen molar-refractivity contribution in [2.45, 2.75) is 18.9 Å². The molecule has 1 unspecified atom stereocenters. The van der Waals surface area contributed by atoms with E-state index in [0.717, 1.165) is 24.5 Å². The molecule has 6 heteroatoms. The summed E-state index contributed by atoms with van der Waals surface area (Å²) in [6.45, 7) is 2.32. The van der Waals surface area contributed by atoms with Crippen LogP contribution in [0, 0.1) is 0 Å². The second-order valence-electron chi connectivity index (χ2n) is 5.60. The van der Waals surface area contributed by atoms with Crippen LogP contribution in [0.3, 0.4) is 0 Å². The first-order valence-electron chi connectivity index (χ1n) is 7.30. The Balaban J connectivity index is 1.67. The maximum Gasteiger partial charge on any atom is 0.251 e. The van der Waals surface area contributed by atoms with Gasteiger partial charge in [-0.1, -0.05) is 0 Å². The lowest BCUT2D eigenvalue weighted by Crippen LogP contribution is -2.48. The number of anilines is 2. The van der Waals surface area contributed by atoms with Gasteiger partial charge in [0, 0.05) is 44.7 Å². The van der Waals surface area contributed by atoms with Crippen molar-refractivity contribution in [3.8, 4) is 0 Å². The molecule has 112 valence electrons. The Labute approximate surface area is 123 Å². The fourth-order valence-electron chi connectivity index (χ4n) is 2.78. The molecular weight excluding hydrogens is 268 g/mol. The van der Waals surface area contributed by atoms with Crippen molar-refractivity contribution in [1.29, 1.82) is 0 Å². The zero-order valence-corrected chi connectivity index (χ0v) is 12.1. The molecule has 2 aliphatic heterocycles. The molecule has 1 saturated heterocycles. The molecule has 3 rings (SSSR count). The molecule has 1 atom stereocenters. The van der Waals surface area contributed by atoms with Crippen molar-refractivity contribution < 1.29 is 9.59 Å². The number of carbonyl (C=O) groups excluding carboxylic acids is 2. The van der Waals surface area contributed by atoms with Gasteiger partial charge in [-0.15, -0.1) is 0 Å². The van der Waals surface area contributed by atoms with Crippen molar-refractivity contribution in [2.24, 2.45) is 0 Å². The van der Waals surface area contributed by atoms with Gasteiger partial charge < -0.3 is 20.9 Å². The van der Waals surface area contributed by atoms with Crippen molar-refractivity contribution in [2.75, 3.05) is 37.3 Å². The van der Waals surface area contributed by atoms with Crippen LogP contribution < -0.4 is 16.0 Å². The lowest BCUT2D eigenvalue weighted by Gasteiger charge is -2.30. The highest BCUT2D eigenvalue weighted by Crippen LogP contribution is 2.25. The lowest BCUT2D eigenvalue weighted by atomic mass is 10.0. The molecule has 3 N–H and O–H groups in total. The van der Waals surface area contributed by atoms with E-state index in [9.17, 15) is 9.59 Å². The van der Waals surface area contributed by atoms with Gasteiger partial charge in [0.25, 0.3) is 5.91 Å². The normalized spacial score (nSPS) is 21.1. The average Bonchev–Trinajstić information content (AvgIpc) is 2.50. The number of nitrogens with zero attached hydrogens (tertiary/aromatic N) is 1. The number of likely N-dealkylation sites (N-methyl/N-ethyl adjacent to an activating group) is 1. The van der Waals surface area contributed by atoms with Crippen molar-refractivity contribution in [3.63, 3.8) is 0 Å². The minimum atomic E-state index is -0.0853. The Kier molecular flexibility index (Phi) is 3.68. The van der Waals surface area contributed by atoms with Crippen LogP contribution in [0.15, 0.2) is 18.2 Å². The molecule has 0 aromatic heterocycles. The van der Waals surface area contributed by atoms with Crippen molar-refractivity contribution in [3.05, 3.63) is 23.8 Å². The summed E-state index contributed by atoms with van der Waals surface area (Å²) in [4.78, 5) is 25.5. The van der Waals surface area contributed by atoms with Gasteiger partial charge in [0.15, 0.2) is 0 Å². The van der Waals surface area contributed by atoms with E-state index < -0.39 is 0 Å². The third kappa shape index (κ3) is 2.94. The highest BCUT2D eigenvalue weighted by Gasteiger charge is 2.24. The molecule has 2 amide bonds. The fourth-order valence-corrected chi connectivity index (χ4v) is 2.78. The van der Waals surface area contributed by atoms with Crippen molar-refractivity contribution in [1.82, 2.24) is 10.2 Å². The number of hydrogen-bond donors (Lipinski definition) is 3. The quantitative estimate of drug-likeness (QED) is 0.755. The zero-order chi connectivity index (χ0) is 14.8. The minimum Gasteiger partial charge on any atom is -0.382 e. The third-order valence-electron chi connectivity index (χ3n) is 4.00. The van der Waals surface area contributed by atoms with Crippen LogP contribution in [0.4, 0.5) is 11.4 Å². The van der Waals surface area contributed by atoms with Gasteiger partial charge in [-0.2, -0.15) is 0 Å². The van der Waals surface area contributed by atoms with E-state index >= 15 is 0 Å². The van der Waals surface area contributed by atoms with Crippen molar-refractivity contribution >= 4 is 23.2 Å². The molecule has 1 fully saturated rings. The Morgan fingerprint density at radius 3 is 2.81 bits per heavy atom. The van der Waals surface area contributed by atoms with Crippen LogP contribution in [-0.4, -0.2) is 49.4 Å². The number of benzene rings is 1. The minimum absolute atomic E-state index is 0.0299. The second-order valence-corrected chi connectivity index (χ2v) is 5.60. The summed E-state index contributed by atoms with van der Waals surface area (Å²) in [5.41, 5.74) is 2.63. The molecule has 2 aliphatic rings. The average molecular weight is 288 g/mol. The monoisotopic (exact) mass is 288 g/mol. The second kappa shape index (κ2) is 5.63. The highest BCUT2D eigenvalue weighted by atomic mass is 16.2. The molecule has 21 heavy (non-hydrogen) atoms. The van der Waals surface area contributed by atoms with E-state index in [0.29, 0.717) is 24.9 Å². The highest BCUT2D eigenvalue weighted by molar-refractivity contribution is 5.96. The predicted molar refractivity (Wildman–Crippen MR) is 81.5 cm³/mol. The number of nitrogens with one attached hydrogen (secondary N) is 3. The van der Waals surface area contributed by atoms with Crippen LogP contribution in [-0.2, 0) is 4.79 Å². The summed E-state index contributed by atoms with van der Waals surface area (Å²) in [5.74, 6) is 0.0578. The number of hydrogen-bond acceptors (Lipinski definition) is 4. The summed E-state index contributed by atoms with van der Waals surface area (Å²) in [6.07, 6.45) is 1.21. The number of likely N-dealkylation sites (tertiary alicyclic amines) is 1. The van der Waals surface area contributed by atoms with Gasteiger partial charge >= 0.3 is 0 Å². The molecule has 0 saturated carbocycles. The topological polar surface area (TPSA) is 73.5 Å². The van der Waals surface area contributed by atoms with Crippen LogP contribution >= 0.6 is 0 Å². The van der Waals surface area contributed by atoms with E-state index in [1.807, 2.05) is 18.2 Å². The first kappa shape index (κ1) is 13.7. The molecule has 0 radical (unpaired) electrons. The third-order valence-corrected chi connectivity index (χ3v) is 4.00. The molecule has 2 heterocycles. The number of piperidine rings is 1. The van der Waals surface area contributed by atoms with Crippen LogP contribution in [0.1, 0.15) is 23.2 Å². The first-order chi connectivity index (χ1) is 10.1. The number of carbonyl (C=O) groups is 2. The van der Waals surface area contributed by atoms with E-state index in [-0.39, 0.29) is 17.9 Å². The first-order valence-corrected chi connectivity index (χ1v) is 7.30. The van der Waals surface area contributed by atoms with E-state index in [1.54, 1.807) is 11.9 Å². The summed E-state index contributed by atoms with van der Waals surface area (Å²) >= 11 is 0. The van der Waals surface area contributed by atoms with Gasteiger partial charge in [-0.3, -0.25) is 9.59 Å². The molecule has 0 aliphatic carbocycles. The van der Waals surface area contributed by atoms with E-state index in [1.165, 1.54) is 0 Å². The standard InChI is InChI=1S/C15H20N4O2/c1-19-9-11(3-5-14(19)20)18-15(21)10-2-4-12-13(8-10)17-7-6-16-12/h2,4,8,11,16-17H,3,5-7,9H2,1H3,(H,18,21). The Bertz CT molecular complexity index is 573. The lowest BCUT2D eigenvalue weighted by molar-refractivity contribution is -0.132. The number of amides is 2. The SMILES string of the molecule is CN1CC(NC(=O)c2ccc3c(c2)NCCN3)CCC1=O. The molecule has 1 aromatic rings. The Morgan fingerprint density at radius 2 is 2.05 bits per heavy atom. The largest absolute Gasteiger partial charge is 0.382 e. The van der Waals surface area contributed by atoms with Gasteiger partial charge in [-0.25, -0.2) is 0 Å². The summed E-state index contributed by atoms with van der Waals surface area (Å²) in [6, 6.07) is 5.65. The summed E-state index contributed by atoms with van der Waals surface area (Å²) in [7, 11) is 1.77. The maximum atomic E-state index is 12.3. The Hall–Kier alpha value is -2.24. The summed E-state index contributed by atoms with van der Waals surface area (Å²) < 4.78 is 0. The van der Waals surface area contributed by atoms with Crippen LogP contribution in [0.2, 0.25) is 0 Å². The maximum absolute atomic E-state index is 12.3. The van der Waals surface area contributed by atoms with E-state index in [2.05, 4.69) is 16.0 Å². The zero-order valence-electron chi connectivity index (χ0n) is 12.1. The smallest absolute Gasteiger partial charge is 0.251 e. The fraction of sp³-hybridized carbons (Fsp3) is 0.467. The van der Waals surface area contributed by atoms with Gasteiger partial charge in [0.1, 0.15) is 0 Å². The molecule has 6 nitrogen and oxygen atoms in total. The Morgan fingerprint density at radius 1 is 1.29 bits per heavy atom. The van der Waals surface area contributed by atoms with Crippen LogP contribution in [0.25, 0.3) is 0 Å². The predicted octanol–water partition coefficient (Wildman–Crippen LogP) is 0.875. The van der Waals surface area contributed by atoms with Gasteiger partial charge in [-0.05, 0) is 24.6 Å². The molecular formula is C15H20N4O2.